The van der Waals surface area contributed by atoms with E-state index in [9.17, 15) is 14.4 Å². The number of carbonyl (C=O) groups excluding carboxylic acids is 3. The average molecular weight is 495 g/mol. The number of hydrogen-bond donors (Lipinski definition) is 4. The first-order valence-electron chi connectivity index (χ1n) is 11.3. The van der Waals surface area contributed by atoms with Crippen LogP contribution in [0.5, 0.6) is 0 Å². The topological polar surface area (TPSA) is 153 Å². The summed E-state index contributed by atoms with van der Waals surface area (Å²) in [6.07, 6.45) is 0.678. The lowest BCUT2D eigenvalue weighted by atomic mass is 9.99. The standard InChI is InChI=1S/C25H30N6O3S/c1-14(2)12-20(28-15(3)32)23(34)30-19(13-16-8-10-17(11-9-16)29-25(26)27)22(33)24-31-18-6-4-5-7-21(18)35-24/h4-11,14,19-20H,12-13H2,1-3H3,(H,28,32)(H,30,34)(H4,26,27,29). The molecule has 0 saturated carbocycles. The largest absolute Gasteiger partial charge is 0.370 e. The van der Waals surface area contributed by atoms with Crippen molar-refractivity contribution in [1.29, 1.82) is 0 Å². The van der Waals surface area contributed by atoms with Crippen LogP contribution in [0.1, 0.15) is 42.6 Å². The van der Waals surface area contributed by atoms with E-state index in [2.05, 4.69) is 20.6 Å². The van der Waals surface area contributed by atoms with Gasteiger partial charge in [-0.1, -0.05) is 38.1 Å². The molecule has 3 aromatic rings. The Morgan fingerprint density at radius 1 is 1.00 bits per heavy atom. The van der Waals surface area contributed by atoms with E-state index < -0.39 is 18.0 Å². The fourth-order valence-electron chi connectivity index (χ4n) is 3.65. The molecular formula is C25H30N6O3S. The van der Waals surface area contributed by atoms with Crippen LogP contribution in [0.2, 0.25) is 0 Å². The molecule has 0 saturated heterocycles. The second kappa shape index (κ2) is 11.6. The summed E-state index contributed by atoms with van der Waals surface area (Å²) in [5, 5.41) is 5.87. The second-order valence-electron chi connectivity index (χ2n) is 8.70. The van der Waals surface area contributed by atoms with Gasteiger partial charge in [0.25, 0.3) is 0 Å². The normalized spacial score (nSPS) is 12.7. The predicted octanol–water partition coefficient (Wildman–Crippen LogP) is 2.66. The molecule has 35 heavy (non-hydrogen) atoms. The molecule has 0 fully saturated rings. The van der Waals surface area contributed by atoms with Crippen molar-refractivity contribution in [2.45, 2.75) is 45.7 Å². The van der Waals surface area contributed by atoms with Gasteiger partial charge in [-0.15, -0.1) is 11.3 Å². The van der Waals surface area contributed by atoms with Gasteiger partial charge in [-0.2, -0.15) is 0 Å². The quantitative estimate of drug-likeness (QED) is 0.193. The van der Waals surface area contributed by atoms with E-state index in [4.69, 9.17) is 11.5 Å². The van der Waals surface area contributed by atoms with E-state index in [1.54, 1.807) is 24.3 Å². The summed E-state index contributed by atoms with van der Waals surface area (Å²) < 4.78 is 0.887. The van der Waals surface area contributed by atoms with Crippen molar-refractivity contribution in [3.05, 3.63) is 59.1 Å². The molecule has 184 valence electrons. The minimum Gasteiger partial charge on any atom is -0.370 e. The fraction of sp³-hybridized carbons (Fsp3) is 0.320. The first-order valence-corrected chi connectivity index (χ1v) is 12.1. The summed E-state index contributed by atoms with van der Waals surface area (Å²) in [5.41, 5.74) is 13.0. The third-order valence-corrected chi connectivity index (χ3v) is 6.22. The first kappa shape index (κ1) is 25.8. The molecule has 0 spiro atoms. The number of nitrogens with one attached hydrogen (secondary N) is 2. The Morgan fingerprint density at radius 3 is 2.29 bits per heavy atom. The maximum Gasteiger partial charge on any atom is 0.243 e. The van der Waals surface area contributed by atoms with Crippen LogP contribution in [0.25, 0.3) is 10.2 Å². The van der Waals surface area contributed by atoms with E-state index in [0.717, 1.165) is 15.8 Å². The van der Waals surface area contributed by atoms with Crippen molar-refractivity contribution < 1.29 is 14.4 Å². The first-order chi connectivity index (χ1) is 16.6. The Kier molecular flexibility index (Phi) is 8.53. The Labute approximate surface area is 208 Å². The summed E-state index contributed by atoms with van der Waals surface area (Å²) in [4.78, 5) is 46.8. The molecule has 2 aromatic carbocycles. The zero-order valence-corrected chi connectivity index (χ0v) is 20.8. The van der Waals surface area contributed by atoms with Crippen LogP contribution in [0.3, 0.4) is 0 Å². The van der Waals surface area contributed by atoms with Crippen molar-refractivity contribution in [3.8, 4) is 0 Å². The highest BCUT2D eigenvalue weighted by molar-refractivity contribution is 7.20. The number of fused-ring (bicyclic) bond motifs is 1. The Morgan fingerprint density at radius 2 is 1.69 bits per heavy atom. The van der Waals surface area contributed by atoms with Gasteiger partial charge in [0.15, 0.2) is 11.0 Å². The molecule has 1 aromatic heterocycles. The number of aromatic nitrogens is 1. The Hall–Kier alpha value is -3.79. The van der Waals surface area contributed by atoms with Gasteiger partial charge in [-0.3, -0.25) is 14.4 Å². The summed E-state index contributed by atoms with van der Waals surface area (Å²) in [6.45, 7) is 5.29. The zero-order chi connectivity index (χ0) is 25.5. The summed E-state index contributed by atoms with van der Waals surface area (Å²) in [7, 11) is 0. The van der Waals surface area contributed by atoms with E-state index in [-0.39, 0.29) is 30.0 Å². The number of para-hydroxylation sites is 1. The molecule has 0 aliphatic rings. The molecule has 3 rings (SSSR count). The van der Waals surface area contributed by atoms with Gasteiger partial charge in [0.2, 0.25) is 17.6 Å². The number of thiazole rings is 1. The van der Waals surface area contributed by atoms with Crippen LogP contribution in [0.4, 0.5) is 5.69 Å². The number of guanidine groups is 1. The summed E-state index contributed by atoms with van der Waals surface area (Å²) >= 11 is 1.28. The highest BCUT2D eigenvalue weighted by atomic mass is 32.1. The van der Waals surface area contributed by atoms with Crippen molar-refractivity contribution in [1.82, 2.24) is 15.6 Å². The lowest BCUT2D eigenvalue weighted by Gasteiger charge is -2.23. The molecule has 2 atom stereocenters. The third-order valence-electron chi connectivity index (χ3n) is 5.17. The lowest BCUT2D eigenvalue weighted by Crippen LogP contribution is -2.52. The van der Waals surface area contributed by atoms with Crippen LogP contribution in [0.15, 0.2) is 53.5 Å². The number of rotatable bonds is 10. The minimum atomic E-state index is -0.875. The number of nitrogens with two attached hydrogens (primary N) is 2. The monoisotopic (exact) mass is 494 g/mol. The molecule has 1 heterocycles. The van der Waals surface area contributed by atoms with Crippen molar-refractivity contribution in [3.63, 3.8) is 0 Å². The van der Waals surface area contributed by atoms with Crippen molar-refractivity contribution in [2.24, 2.45) is 22.4 Å². The maximum absolute atomic E-state index is 13.5. The molecule has 2 unspecified atom stereocenters. The number of amides is 2. The fourth-order valence-corrected chi connectivity index (χ4v) is 4.61. The smallest absolute Gasteiger partial charge is 0.243 e. The van der Waals surface area contributed by atoms with Crippen molar-refractivity contribution >= 4 is 50.8 Å². The highest BCUT2D eigenvalue weighted by Crippen LogP contribution is 2.24. The van der Waals surface area contributed by atoms with Crippen LogP contribution < -0.4 is 22.1 Å². The predicted molar refractivity (Wildman–Crippen MR) is 139 cm³/mol. The summed E-state index contributed by atoms with van der Waals surface area (Å²) in [5.74, 6) is -0.901. The number of aliphatic imine (C=N–C) groups is 1. The van der Waals surface area contributed by atoms with Gasteiger partial charge in [-0.05, 0) is 42.2 Å². The van der Waals surface area contributed by atoms with Crippen LogP contribution >= 0.6 is 11.3 Å². The number of hydrogen-bond acceptors (Lipinski definition) is 6. The summed E-state index contributed by atoms with van der Waals surface area (Å²) in [6, 6.07) is 12.9. The Bertz CT molecular complexity index is 1200. The zero-order valence-electron chi connectivity index (χ0n) is 19.9. The molecule has 10 heteroatoms. The Balaban J connectivity index is 1.89. The maximum atomic E-state index is 13.5. The van der Waals surface area contributed by atoms with E-state index >= 15 is 0 Å². The van der Waals surface area contributed by atoms with Gasteiger partial charge < -0.3 is 22.1 Å². The minimum absolute atomic E-state index is 0.0527. The molecule has 0 bridgehead atoms. The molecule has 0 aliphatic carbocycles. The molecule has 9 nitrogen and oxygen atoms in total. The van der Waals surface area contributed by atoms with Crippen LogP contribution in [0, 0.1) is 5.92 Å². The van der Waals surface area contributed by atoms with Gasteiger partial charge >= 0.3 is 0 Å². The number of carbonyl (C=O) groups is 3. The third kappa shape index (κ3) is 7.35. The molecule has 2 amide bonds. The molecular weight excluding hydrogens is 464 g/mol. The average Bonchev–Trinajstić information content (AvgIpc) is 3.22. The van der Waals surface area contributed by atoms with Crippen molar-refractivity contribution in [2.75, 3.05) is 0 Å². The second-order valence-corrected chi connectivity index (χ2v) is 9.73. The van der Waals surface area contributed by atoms with Gasteiger partial charge in [-0.25, -0.2) is 9.98 Å². The lowest BCUT2D eigenvalue weighted by molar-refractivity contribution is -0.128. The van der Waals surface area contributed by atoms with E-state index in [1.807, 2.05) is 38.1 Å². The number of benzene rings is 2. The molecule has 0 radical (unpaired) electrons. The molecule has 0 aliphatic heterocycles. The van der Waals surface area contributed by atoms with E-state index in [1.165, 1.54) is 18.3 Å². The van der Waals surface area contributed by atoms with Gasteiger partial charge in [0.05, 0.1) is 21.9 Å². The number of nitrogens with zero attached hydrogens (tertiary/aromatic N) is 2. The number of ketones is 1. The highest BCUT2D eigenvalue weighted by Gasteiger charge is 2.29. The van der Waals surface area contributed by atoms with E-state index in [0.29, 0.717) is 17.1 Å². The molecule has 6 N–H and O–H groups in total. The van der Waals surface area contributed by atoms with Gasteiger partial charge in [0, 0.05) is 13.3 Å². The SMILES string of the molecule is CC(=O)NC(CC(C)C)C(=O)NC(Cc1ccc(N=C(N)N)cc1)C(=O)c1nc2ccccc2s1. The number of Topliss-reactive ketones (excluding diaryl/α,β-unsaturated/α-hetero) is 1. The van der Waals surface area contributed by atoms with Crippen LogP contribution in [-0.4, -0.2) is 40.6 Å². The van der Waals surface area contributed by atoms with Crippen LogP contribution in [-0.2, 0) is 16.0 Å². The van der Waals surface area contributed by atoms with Gasteiger partial charge in [0.1, 0.15) is 6.04 Å².